The average Bonchev–Trinajstić information content (AvgIpc) is 2.89. The minimum Gasteiger partial charge on any atom is -0.462 e. The molecule has 2 N–H and O–H groups in total. The summed E-state index contributed by atoms with van der Waals surface area (Å²) in [6.45, 7) is 9.08. The lowest BCUT2D eigenvalue weighted by atomic mass is 10.2. The second kappa shape index (κ2) is 9.23. The van der Waals surface area contributed by atoms with Crippen LogP contribution in [0.1, 0.15) is 42.5 Å². The maximum Gasteiger partial charge on any atom is 0.339 e. The van der Waals surface area contributed by atoms with E-state index in [9.17, 15) is 18.0 Å². The normalized spacial score (nSPS) is 11.5. The predicted molar refractivity (Wildman–Crippen MR) is 110 cm³/mol. The van der Waals surface area contributed by atoms with Crippen molar-refractivity contribution in [2.45, 2.75) is 52.1 Å². The molecular formula is C20H27N3O5S. The molecule has 0 saturated carbocycles. The van der Waals surface area contributed by atoms with Gasteiger partial charge < -0.3 is 14.6 Å². The van der Waals surface area contributed by atoms with Crippen LogP contribution in [0.5, 0.6) is 0 Å². The van der Waals surface area contributed by atoms with Gasteiger partial charge in [0.05, 0.1) is 17.1 Å². The molecule has 1 heterocycles. The Morgan fingerprint density at radius 2 is 1.76 bits per heavy atom. The molecule has 0 aliphatic carbocycles. The number of rotatable bonds is 8. The summed E-state index contributed by atoms with van der Waals surface area (Å²) in [5.74, 6) is -0.711. The fraction of sp³-hybridized carbons (Fsp3) is 0.400. The SMILES string of the molecule is CCOC(=O)c1cc(C)n(CC(=O)Nc2ccc(S(=O)(=O)NC(C)C)cc2)c1C. The third-order valence-electron chi connectivity index (χ3n) is 4.21. The molecule has 0 saturated heterocycles. The van der Waals surface area contributed by atoms with Crippen LogP contribution in [0.2, 0.25) is 0 Å². The zero-order valence-electron chi connectivity index (χ0n) is 17.3. The maximum atomic E-state index is 12.4. The number of benzene rings is 1. The number of esters is 1. The maximum absolute atomic E-state index is 12.4. The molecule has 1 aromatic carbocycles. The van der Waals surface area contributed by atoms with E-state index in [0.29, 0.717) is 16.9 Å². The second-order valence-corrected chi connectivity index (χ2v) is 8.65. The summed E-state index contributed by atoms with van der Waals surface area (Å²) in [4.78, 5) is 24.6. The molecule has 29 heavy (non-hydrogen) atoms. The van der Waals surface area contributed by atoms with E-state index in [1.807, 2.05) is 6.92 Å². The van der Waals surface area contributed by atoms with Crippen molar-refractivity contribution in [3.63, 3.8) is 0 Å². The molecule has 0 spiro atoms. The van der Waals surface area contributed by atoms with Gasteiger partial charge in [-0.25, -0.2) is 17.9 Å². The van der Waals surface area contributed by atoms with Crippen molar-refractivity contribution in [2.24, 2.45) is 0 Å². The van der Waals surface area contributed by atoms with E-state index in [0.717, 1.165) is 5.69 Å². The lowest BCUT2D eigenvalue weighted by Gasteiger charge is -2.12. The second-order valence-electron chi connectivity index (χ2n) is 6.94. The topological polar surface area (TPSA) is 106 Å². The number of carbonyl (C=O) groups excluding carboxylic acids is 2. The summed E-state index contributed by atoms with van der Waals surface area (Å²) in [6.07, 6.45) is 0. The highest BCUT2D eigenvalue weighted by molar-refractivity contribution is 7.89. The number of hydrogen-bond acceptors (Lipinski definition) is 5. The molecule has 0 aliphatic rings. The number of nitrogens with one attached hydrogen (secondary N) is 2. The molecule has 2 aromatic rings. The lowest BCUT2D eigenvalue weighted by Crippen LogP contribution is -2.30. The number of aryl methyl sites for hydroxylation is 1. The fourth-order valence-corrected chi connectivity index (χ4v) is 4.15. The van der Waals surface area contributed by atoms with Gasteiger partial charge in [0.2, 0.25) is 15.9 Å². The summed E-state index contributed by atoms with van der Waals surface area (Å²) in [6, 6.07) is 7.42. The molecule has 0 bridgehead atoms. The zero-order chi connectivity index (χ0) is 21.8. The first-order chi connectivity index (χ1) is 13.5. The van der Waals surface area contributed by atoms with E-state index in [-0.39, 0.29) is 30.0 Å². The Kier molecular flexibility index (Phi) is 7.21. The Bertz CT molecular complexity index is 992. The molecule has 9 heteroatoms. The van der Waals surface area contributed by atoms with Crippen LogP contribution in [0.3, 0.4) is 0 Å². The van der Waals surface area contributed by atoms with E-state index in [1.54, 1.807) is 38.3 Å². The first kappa shape index (κ1) is 22.6. The van der Waals surface area contributed by atoms with Crippen molar-refractivity contribution in [1.29, 1.82) is 0 Å². The van der Waals surface area contributed by atoms with Crippen molar-refractivity contribution in [3.05, 3.63) is 47.3 Å². The van der Waals surface area contributed by atoms with Crippen LogP contribution in [0.15, 0.2) is 35.2 Å². The van der Waals surface area contributed by atoms with Gasteiger partial charge in [0.15, 0.2) is 0 Å². The molecule has 1 aromatic heterocycles. The van der Waals surface area contributed by atoms with Crippen LogP contribution in [0.25, 0.3) is 0 Å². The van der Waals surface area contributed by atoms with Gasteiger partial charge in [-0.2, -0.15) is 0 Å². The van der Waals surface area contributed by atoms with Crippen LogP contribution in [-0.2, 0) is 26.1 Å². The summed E-state index contributed by atoms with van der Waals surface area (Å²) in [5, 5.41) is 2.74. The van der Waals surface area contributed by atoms with Gasteiger partial charge in [-0.1, -0.05) is 0 Å². The van der Waals surface area contributed by atoms with Crippen LogP contribution >= 0.6 is 0 Å². The van der Waals surface area contributed by atoms with Gasteiger partial charge >= 0.3 is 5.97 Å². The zero-order valence-corrected chi connectivity index (χ0v) is 18.1. The number of nitrogens with zero attached hydrogens (tertiary/aromatic N) is 1. The fourth-order valence-electron chi connectivity index (χ4n) is 2.90. The minimum atomic E-state index is -3.59. The van der Waals surface area contributed by atoms with Crippen LogP contribution in [0.4, 0.5) is 5.69 Å². The summed E-state index contributed by atoms with van der Waals surface area (Å²) >= 11 is 0. The number of ether oxygens (including phenoxy) is 1. The third-order valence-corrected chi connectivity index (χ3v) is 5.88. The number of sulfonamides is 1. The number of hydrogen-bond donors (Lipinski definition) is 2. The summed E-state index contributed by atoms with van der Waals surface area (Å²) in [5.41, 5.74) is 2.33. The monoisotopic (exact) mass is 421 g/mol. The van der Waals surface area contributed by atoms with Gasteiger partial charge in [0, 0.05) is 23.1 Å². The van der Waals surface area contributed by atoms with Crippen molar-refractivity contribution in [3.8, 4) is 0 Å². The number of anilines is 1. The largest absolute Gasteiger partial charge is 0.462 e. The van der Waals surface area contributed by atoms with Crippen molar-refractivity contribution >= 4 is 27.6 Å². The van der Waals surface area contributed by atoms with Crippen molar-refractivity contribution < 1.29 is 22.7 Å². The highest BCUT2D eigenvalue weighted by Gasteiger charge is 2.19. The molecule has 158 valence electrons. The molecule has 1 amide bonds. The van der Waals surface area contributed by atoms with E-state index >= 15 is 0 Å². The molecule has 0 fully saturated rings. The van der Waals surface area contributed by atoms with E-state index < -0.39 is 16.0 Å². The number of carbonyl (C=O) groups is 2. The van der Waals surface area contributed by atoms with Crippen LogP contribution in [-0.4, -0.2) is 37.5 Å². The number of aromatic nitrogens is 1. The quantitative estimate of drug-likeness (QED) is 0.637. The van der Waals surface area contributed by atoms with Gasteiger partial charge in [-0.05, 0) is 65.0 Å². The Hall–Kier alpha value is -2.65. The van der Waals surface area contributed by atoms with Crippen LogP contribution in [0, 0.1) is 13.8 Å². The Balaban J connectivity index is 2.09. The highest BCUT2D eigenvalue weighted by atomic mass is 32.2. The number of amides is 1. The van der Waals surface area contributed by atoms with Crippen molar-refractivity contribution in [1.82, 2.24) is 9.29 Å². The highest BCUT2D eigenvalue weighted by Crippen LogP contribution is 2.18. The Labute approximate surface area is 171 Å². The van der Waals surface area contributed by atoms with Crippen molar-refractivity contribution in [2.75, 3.05) is 11.9 Å². The molecule has 8 nitrogen and oxygen atoms in total. The standard InChI is InChI=1S/C20H27N3O5S/c1-6-28-20(25)18-11-14(4)23(15(18)5)12-19(24)21-16-7-9-17(10-8-16)29(26,27)22-13(2)3/h7-11,13,22H,6,12H2,1-5H3,(H,21,24). The lowest BCUT2D eigenvalue weighted by molar-refractivity contribution is -0.116. The van der Waals surface area contributed by atoms with E-state index in [4.69, 9.17) is 4.74 Å². The molecular weight excluding hydrogens is 394 g/mol. The summed E-state index contributed by atoms with van der Waals surface area (Å²) < 4.78 is 33.6. The molecule has 0 aliphatic heterocycles. The first-order valence-corrected chi connectivity index (χ1v) is 10.8. The van der Waals surface area contributed by atoms with Gasteiger partial charge in [0.1, 0.15) is 6.54 Å². The summed E-state index contributed by atoms with van der Waals surface area (Å²) in [7, 11) is -3.59. The van der Waals surface area contributed by atoms with Crippen LogP contribution < -0.4 is 10.0 Å². The molecule has 2 rings (SSSR count). The van der Waals surface area contributed by atoms with Gasteiger partial charge in [0.25, 0.3) is 0 Å². The van der Waals surface area contributed by atoms with E-state index in [1.165, 1.54) is 24.3 Å². The Morgan fingerprint density at radius 1 is 1.14 bits per heavy atom. The molecule has 0 atom stereocenters. The Morgan fingerprint density at radius 3 is 2.31 bits per heavy atom. The predicted octanol–water partition coefficient (Wildman–Crippen LogP) is 2.61. The van der Waals surface area contributed by atoms with Gasteiger partial charge in [-0.15, -0.1) is 0 Å². The molecule has 0 unspecified atom stereocenters. The molecule has 0 radical (unpaired) electrons. The first-order valence-electron chi connectivity index (χ1n) is 9.31. The average molecular weight is 422 g/mol. The third kappa shape index (κ3) is 5.68. The van der Waals surface area contributed by atoms with Gasteiger partial charge in [-0.3, -0.25) is 4.79 Å². The van der Waals surface area contributed by atoms with E-state index in [2.05, 4.69) is 10.0 Å². The minimum absolute atomic E-state index is 0.0199. The smallest absolute Gasteiger partial charge is 0.339 e.